The zero-order chi connectivity index (χ0) is 17.9. The molecule has 0 radical (unpaired) electrons. The lowest BCUT2D eigenvalue weighted by molar-refractivity contribution is -0.139. The molecule has 25 heavy (non-hydrogen) atoms. The smallest absolute Gasteiger partial charge is 0.317 e. The lowest BCUT2D eigenvalue weighted by atomic mass is 9.71. The average molecular weight is 349 g/mol. The molecule has 1 saturated carbocycles. The Balaban J connectivity index is 1.45. The van der Waals surface area contributed by atoms with E-state index in [1.54, 1.807) is 0 Å². The summed E-state index contributed by atoms with van der Waals surface area (Å²) in [5.41, 5.74) is 0.299. The quantitative estimate of drug-likeness (QED) is 0.748. The first kappa shape index (κ1) is 18.2. The molecule has 3 aliphatic rings. The maximum atomic E-state index is 12.6. The summed E-state index contributed by atoms with van der Waals surface area (Å²) in [5, 5.41) is 12.1. The maximum absolute atomic E-state index is 12.6. The Morgan fingerprint density at radius 3 is 2.76 bits per heavy atom. The molecule has 3 rings (SSSR count). The van der Waals surface area contributed by atoms with E-state index in [4.69, 9.17) is 5.11 Å². The highest BCUT2D eigenvalue weighted by molar-refractivity contribution is 5.75. The number of aliphatic carboxylic acids is 1. The summed E-state index contributed by atoms with van der Waals surface area (Å²) in [5.74, 6) is -0.783. The van der Waals surface area contributed by atoms with Gasteiger partial charge >= 0.3 is 12.0 Å². The third-order valence-corrected chi connectivity index (χ3v) is 6.21. The molecular weight excluding hydrogens is 318 g/mol. The summed E-state index contributed by atoms with van der Waals surface area (Å²) in [6, 6.07) is 0.533. The molecule has 2 amide bonds. The van der Waals surface area contributed by atoms with Crippen LogP contribution in [0, 0.1) is 5.41 Å². The van der Waals surface area contributed by atoms with Crippen LogP contribution in [0.2, 0.25) is 0 Å². The number of carbonyl (C=O) groups excluding carboxylic acids is 1. The molecule has 2 N–H and O–H groups in total. The van der Waals surface area contributed by atoms with E-state index in [0.717, 1.165) is 51.7 Å². The first-order valence-electron chi connectivity index (χ1n) is 9.67. The third kappa shape index (κ3) is 4.35. The second kappa shape index (κ2) is 7.77. The summed E-state index contributed by atoms with van der Waals surface area (Å²) >= 11 is 0. The van der Waals surface area contributed by atoms with Crippen molar-refractivity contribution in [2.45, 2.75) is 64.0 Å². The van der Waals surface area contributed by atoms with Crippen LogP contribution in [0.25, 0.3) is 0 Å². The van der Waals surface area contributed by atoms with E-state index in [0.29, 0.717) is 5.41 Å². The Labute approximate surface area is 150 Å². The van der Waals surface area contributed by atoms with Crippen LogP contribution in [0.3, 0.4) is 0 Å². The number of nitrogens with one attached hydrogen (secondary N) is 1. The molecule has 1 heterocycles. The molecule has 0 bridgehead atoms. The minimum atomic E-state index is -0.783. The van der Waals surface area contributed by atoms with E-state index in [-0.39, 0.29) is 24.7 Å². The molecular formula is C19H31N3O3. The van der Waals surface area contributed by atoms with Gasteiger partial charge in [-0.1, -0.05) is 19.1 Å². The number of urea groups is 1. The van der Waals surface area contributed by atoms with Crippen molar-refractivity contribution in [1.82, 2.24) is 15.1 Å². The number of nitrogens with zero attached hydrogens (tertiary/aromatic N) is 2. The third-order valence-electron chi connectivity index (χ3n) is 6.21. The topological polar surface area (TPSA) is 72.9 Å². The second-order valence-corrected chi connectivity index (χ2v) is 7.97. The molecule has 140 valence electrons. The van der Waals surface area contributed by atoms with Gasteiger partial charge in [0.25, 0.3) is 0 Å². The number of carbonyl (C=O) groups is 2. The molecule has 6 nitrogen and oxygen atoms in total. The number of piperidine rings is 1. The standard InChI is InChI=1S/C19H31N3O3/c1-2-21(13-17(23)24)16-11-15(12-16)20-18(25)22-10-6-9-19(14-22)7-4-3-5-8-19/h3-4,15-16H,2,5-14H2,1H3,(H,20,25)(H,23,24). The van der Waals surface area contributed by atoms with Gasteiger partial charge in [0.15, 0.2) is 0 Å². The number of hydrogen-bond acceptors (Lipinski definition) is 3. The number of likely N-dealkylation sites (tertiary alicyclic amines) is 1. The predicted octanol–water partition coefficient (Wildman–Crippen LogP) is 2.46. The Hall–Kier alpha value is -1.56. The number of likely N-dealkylation sites (N-methyl/N-ethyl adjacent to an activating group) is 1. The Kier molecular flexibility index (Phi) is 5.67. The van der Waals surface area contributed by atoms with Gasteiger partial charge in [-0.2, -0.15) is 0 Å². The van der Waals surface area contributed by atoms with Gasteiger partial charge in [0.1, 0.15) is 0 Å². The van der Waals surface area contributed by atoms with Gasteiger partial charge in [-0.15, -0.1) is 0 Å². The number of amides is 2. The van der Waals surface area contributed by atoms with Crippen LogP contribution in [0.4, 0.5) is 4.79 Å². The Morgan fingerprint density at radius 1 is 1.32 bits per heavy atom. The molecule has 2 aliphatic carbocycles. The minimum Gasteiger partial charge on any atom is -0.480 e. The van der Waals surface area contributed by atoms with Crippen molar-refractivity contribution in [2.24, 2.45) is 5.41 Å². The SMILES string of the molecule is CCN(CC(=O)O)C1CC(NC(=O)N2CCCC3(CC=CCC3)C2)C1. The largest absolute Gasteiger partial charge is 0.480 e. The number of carboxylic acids is 1. The van der Waals surface area contributed by atoms with Crippen LogP contribution in [-0.2, 0) is 4.79 Å². The van der Waals surface area contributed by atoms with E-state index in [9.17, 15) is 9.59 Å². The molecule has 0 aromatic rings. The average Bonchev–Trinajstić information content (AvgIpc) is 2.56. The summed E-state index contributed by atoms with van der Waals surface area (Å²) in [6.45, 7) is 4.54. The van der Waals surface area contributed by atoms with E-state index in [1.807, 2.05) is 16.7 Å². The van der Waals surface area contributed by atoms with Crippen LogP contribution in [0.15, 0.2) is 12.2 Å². The second-order valence-electron chi connectivity index (χ2n) is 7.97. The molecule has 6 heteroatoms. The van der Waals surface area contributed by atoms with Crippen LogP contribution < -0.4 is 5.32 Å². The number of hydrogen-bond donors (Lipinski definition) is 2. The number of allylic oxidation sites excluding steroid dienone is 2. The van der Waals surface area contributed by atoms with Crippen molar-refractivity contribution >= 4 is 12.0 Å². The van der Waals surface area contributed by atoms with E-state index >= 15 is 0 Å². The molecule has 1 saturated heterocycles. The number of rotatable bonds is 5. The van der Waals surface area contributed by atoms with Crippen molar-refractivity contribution < 1.29 is 14.7 Å². The molecule has 0 aromatic heterocycles. The van der Waals surface area contributed by atoms with Gasteiger partial charge in [-0.25, -0.2) is 4.79 Å². The van der Waals surface area contributed by atoms with Crippen LogP contribution in [0.5, 0.6) is 0 Å². The fourth-order valence-corrected chi connectivity index (χ4v) is 4.64. The highest BCUT2D eigenvalue weighted by Crippen LogP contribution is 2.40. The van der Waals surface area contributed by atoms with E-state index < -0.39 is 5.97 Å². The highest BCUT2D eigenvalue weighted by Gasteiger charge is 2.39. The molecule has 2 fully saturated rings. The Morgan fingerprint density at radius 2 is 2.12 bits per heavy atom. The zero-order valence-corrected chi connectivity index (χ0v) is 15.2. The van der Waals surface area contributed by atoms with Crippen molar-refractivity contribution in [3.63, 3.8) is 0 Å². The zero-order valence-electron chi connectivity index (χ0n) is 15.2. The summed E-state index contributed by atoms with van der Waals surface area (Å²) in [4.78, 5) is 27.5. The highest BCUT2D eigenvalue weighted by atomic mass is 16.4. The van der Waals surface area contributed by atoms with Crippen molar-refractivity contribution in [3.05, 3.63) is 12.2 Å². The molecule has 1 spiro atoms. The summed E-state index contributed by atoms with van der Waals surface area (Å²) in [7, 11) is 0. The van der Waals surface area contributed by atoms with Crippen LogP contribution in [-0.4, -0.2) is 65.2 Å². The van der Waals surface area contributed by atoms with Gasteiger partial charge < -0.3 is 15.3 Å². The van der Waals surface area contributed by atoms with Crippen LogP contribution >= 0.6 is 0 Å². The van der Waals surface area contributed by atoms with Crippen molar-refractivity contribution in [3.8, 4) is 0 Å². The minimum absolute atomic E-state index is 0.0679. The fraction of sp³-hybridized carbons (Fsp3) is 0.789. The van der Waals surface area contributed by atoms with Gasteiger partial charge in [0, 0.05) is 25.2 Å². The van der Waals surface area contributed by atoms with Gasteiger partial charge in [-0.3, -0.25) is 9.69 Å². The monoisotopic (exact) mass is 349 g/mol. The first-order valence-corrected chi connectivity index (χ1v) is 9.67. The van der Waals surface area contributed by atoms with Crippen molar-refractivity contribution in [1.29, 1.82) is 0 Å². The lowest BCUT2D eigenvalue weighted by Gasteiger charge is -2.46. The van der Waals surface area contributed by atoms with E-state index in [2.05, 4.69) is 17.5 Å². The lowest BCUT2D eigenvalue weighted by Crippen LogP contribution is -2.58. The number of carboxylic acid groups (broad SMARTS) is 1. The summed E-state index contributed by atoms with van der Waals surface area (Å²) in [6.07, 6.45) is 12.0. The predicted molar refractivity (Wildman–Crippen MR) is 96.5 cm³/mol. The first-order chi connectivity index (χ1) is 12.0. The molecule has 1 atom stereocenters. The van der Waals surface area contributed by atoms with Crippen molar-refractivity contribution in [2.75, 3.05) is 26.2 Å². The Bertz CT molecular complexity index is 530. The van der Waals surface area contributed by atoms with Crippen LogP contribution in [0.1, 0.15) is 51.9 Å². The molecule has 0 aromatic carbocycles. The fourth-order valence-electron chi connectivity index (χ4n) is 4.64. The van der Waals surface area contributed by atoms with Gasteiger partial charge in [0.05, 0.1) is 6.54 Å². The maximum Gasteiger partial charge on any atom is 0.317 e. The summed E-state index contributed by atoms with van der Waals surface area (Å²) < 4.78 is 0. The molecule has 1 aliphatic heterocycles. The van der Waals surface area contributed by atoms with Gasteiger partial charge in [0.2, 0.25) is 0 Å². The normalized spacial score (nSPS) is 31.8. The molecule has 1 unspecified atom stereocenters. The van der Waals surface area contributed by atoms with E-state index in [1.165, 1.54) is 12.8 Å². The van der Waals surface area contributed by atoms with Gasteiger partial charge in [-0.05, 0) is 56.9 Å².